The molecule has 0 aliphatic carbocycles. The number of hydrogen-bond acceptors (Lipinski definition) is 3. The summed E-state index contributed by atoms with van der Waals surface area (Å²) in [4.78, 5) is 3.89. The van der Waals surface area contributed by atoms with Gasteiger partial charge in [0.2, 0.25) is 0 Å². The van der Waals surface area contributed by atoms with Gasteiger partial charge in [0.15, 0.2) is 0 Å². The van der Waals surface area contributed by atoms with Gasteiger partial charge in [-0.15, -0.1) is 0 Å². The topological polar surface area (TPSA) is 27.1 Å². The fourth-order valence-corrected chi connectivity index (χ4v) is 1.52. The Morgan fingerprint density at radius 2 is 2.31 bits per heavy atom. The largest absolute Gasteiger partial charge is 0.431 e. The summed E-state index contributed by atoms with van der Waals surface area (Å²) in [6, 6.07) is 5.40. The van der Waals surface area contributed by atoms with Gasteiger partial charge >= 0.3 is 0 Å². The van der Waals surface area contributed by atoms with E-state index in [-0.39, 0.29) is 0 Å². The first-order chi connectivity index (χ1) is 7.66. The summed E-state index contributed by atoms with van der Waals surface area (Å²) in [6.45, 7) is 1.91. The zero-order valence-electron chi connectivity index (χ0n) is 8.55. The summed E-state index contributed by atoms with van der Waals surface area (Å²) in [7, 11) is 0. The van der Waals surface area contributed by atoms with Gasteiger partial charge in [0.25, 0.3) is 5.17 Å². The molecule has 0 saturated carbocycles. The lowest BCUT2D eigenvalue weighted by atomic mass is 10.2. The fraction of sp³-hybridized carbons (Fsp3) is 0.0909. The van der Waals surface area contributed by atoms with Crippen LogP contribution >= 0.6 is 23.8 Å². The summed E-state index contributed by atoms with van der Waals surface area (Å²) in [5, 5.41) is 1.04. The first-order valence-electron chi connectivity index (χ1n) is 4.63. The van der Waals surface area contributed by atoms with Gasteiger partial charge < -0.3 is 4.74 Å². The van der Waals surface area contributed by atoms with Gasteiger partial charge in [-0.3, -0.25) is 4.57 Å². The normalized spacial score (nSPS) is 10.1. The molecule has 0 amide bonds. The third-order valence-corrected chi connectivity index (χ3v) is 2.77. The molecule has 0 aliphatic rings. The highest BCUT2D eigenvalue weighted by Gasteiger charge is 2.03. The standard InChI is InChI=1S/C11H9ClN2OS/c1-8-6-9(2-3-10(8)12)15-11(16)14-5-4-13-7-14/h2-7H,1H3. The number of halogens is 1. The number of benzene rings is 1. The molecule has 0 unspecified atom stereocenters. The van der Waals surface area contributed by atoms with Crippen LogP contribution in [0.2, 0.25) is 5.02 Å². The molecule has 0 radical (unpaired) electrons. The molecular weight excluding hydrogens is 244 g/mol. The van der Waals surface area contributed by atoms with Crippen LogP contribution in [0.5, 0.6) is 5.75 Å². The van der Waals surface area contributed by atoms with Crippen molar-refractivity contribution in [2.75, 3.05) is 0 Å². The third kappa shape index (κ3) is 2.40. The van der Waals surface area contributed by atoms with Crippen molar-refractivity contribution in [1.29, 1.82) is 0 Å². The van der Waals surface area contributed by atoms with E-state index in [1.807, 2.05) is 13.0 Å². The number of hydrogen-bond donors (Lipinski definition) is 0. The molecule has 16 heavy (non-hydrogen) atoms. The van der Waals surface area contributed by atoms with Crippen molar-refractivity contribution in [1.82, 2.24) is 9.55 Å². The average Bonchev–Trinajstić information content (AvgIpc) is 2.77. The van der Waals surface area contributed by atoms with Crippen LogP contribution in [0.1, 0.15) is 5.56 Å². The molecule has 0 atom stereocenters. The molecule has 0 fully saturated rings. The lowest BCUT2D eigenvalue weighted by molar-refractivity contribution is 0.539. The van der Waals surface area contributed by atoms with Crippen LogP contribution in [0.15, 0.2) is 36.9 Å². The van der Waals surface area contributed by atoms with Crippen LogP contribution in [0.25, 0.3) is 0 Å². The number of aryl methyl sites for hydroxylation is 1. The van der Waals surface area contributed by atoms with Crippen molar-refractivity contribution in [2.24, 2.45) is 0 Å². The molecule has 0 saturated heterocycles. The molecule has 0 N–H and O–H groups in total. The highest BCUT2D eigenvalue weighted by atomic mass is 35.5. The summed E-state index contributed by atoms with van der Waals surface area (Å²) < 4.78 is 7.11. The van der Waals surface area contributed by atoms with E-state index in [9.17, 15) is 0 Å². The van der Waals surface area contributed by atoms with Crippen LogP contribution in [-0.4, -0.2) is 14.7 Å². The molecule has 1 aromatic heterocycles. The smallest absolute Gasteiger partial charge is 0.274 e. The second-order valence-corrected chi connectivity index (χ2v) is 4.01. The van der Waals surface area contributed by atoms with Crippen molar-refractivity contribution >= 4 is 29.0 Å². The highest BCUT2D eigenvalue weighted by Crippen LogP contribution is 2.21. The van der Waals surface area contributed by atoms with Crippen LogP contribution < -0.4 is 4.74 Å². The Kier molecular flexibility index (Phi) is 3.22. The molecule has 1 heterocycles. The minimum atomic E-state index is 0.333. The molecule has 0 spiro atoms. The van der Waals surface area contributed by atoms with Crippen molar-refractivity contribution in [3.8, 4) is 5.75 Å². The van der Waals surface area contributed by atoms with Crippen LogP contribution in [0, 0.1) is 6.92 Å². The van der Waals surface area contributed by atoms with Gasteiger partial charge in [0.05, 0.1) is 0 Å². The number of aromatic nitrogens is 2. The first-order valence-corrected chi connectivity index (χ1v) is 5.42. The summed E-state index contributed by atoms with van der Waals surface area (Å²) >= 11 is 11.0. The molecule has 5 heteroatoms. The predicted octanol–water partition coefficient (Wildman–Crippen LogP) is 3.06. The Labute approximate surface area is 104 Å². The van der Waals surface area contributed by atoms with E-state index in [0.29, 0.717) is 15.9 Å². The van der Waals surface area contributed by atoms with Crippen molar-refractivity contribution in [3.05, 3.63) is 47.5 Å². The molecule has 1 aromatic carbocycles. The van der Waals surface area contributed by atoms with Gasteiger partial charge in [-0.1, -0.05) is 11.6 Å². The van der Waals surface area contributed by atoms with Gasteiger partial charge in [-0.25, -0.2) is 4.98 Å². The predicted molar refractivity (Wildman–Crippen MR) is 67.0 cm³/mol. The zero-order chi connectivity index (χ0) is 11.5. The molecule has 2 rings (SSSR count). The van der Waals surface area contributed by atoms with Crippen molar-refractivity contribution < 1.29 is 4.74 Å². The molecule has 3 nitrogen and oxygen atoms in total. The Balaban J connectivity index is 2.15. The van der Waals surface area contributed by atoms with E-state index < -0.39 is 0 Å². The Morgan fingerprint density at radius 1 is 1.50 bits per heavy atom. The van der Waals surface area contributed by atoms with Gasteiger partial charge in [-0.05, 0) is 42.9 Å². The number of nitrogens with zero attached hydrogens (tertiary/aromatic N) is 2. The van der Waals surface area contributed by atoms with E-state index in [1.54, 1.807) is 35.4 Å². The van der Waals surface area contributed by atoms with E-state index in [4.69, 9.17) is 28.6 Å². The average molecular weight is 253 g/mol. The van der Waals surface area contributed by atoms with E-state index in [2.05, 4.69) is 4.98 Å². The second kappa shape index (κ2) is 4.63. The quantitative estimate of drug-likeness (QED) is 0.730. The Morgan fingerprint density at radius 3 is 2.94 bits per heavy atom. The lowest BCUT2D eigenvalue weighted by Crippen LogP contribution is -2.14. The number of thiocarbonyl (C=S) groups is 1. The van der Waals surface area contributed by atoms with E-state index in [0.717, 1.165) is 5.56 Å². The number of imidazole rings is 1. The van der Waals surface area contributed by atoms with Crippen LogP contribution in [0.4, 0.5) is 0 Å². The third-order valence-electron chi connectivity index (χ3n) is 2.05. The van der Waals surface area contributed by atoms with Gasteiger partial charge in [0, 0.05) is 17.4 Å². The summed E-state index contributed by atoms with van der Waals surface area (Å²) in [6.07, 6.45) is 4.96. The Hall–Kier alpha value is -1.39. The fourth-order valence-electron chi connectivity index (χ4n) is 1.20. The minimum Gasteiger partial charge on any atom is -0.431 e. The summed E-state index contributed by atoms with van der Waals surface area (Å²) in [5.74, 6) is 0.667. The molecule has 0 aliphatic heterocycles. The van der Waals surface area contributed by atoms with Crippen molar-refractivity contribution in [2.45, 2.75) is 6.92 Å². The van der Waals surface area contributed by atoms with Gasteiger partial charge in [-0.2, -0.15) is 0 Å². The zero-order valence-corrected chi connectivity index (χ0v) is 10.1. The van der Waals surface area contributed by atoms with Crippen molar-refractivity contribution in [3.63, 3.8) is 0 Å². The number of rotatable bonds is 1. The van der Waals surface area contributed by atoms with E-state index in [1.165, 1.54) is 0 Å². The van der Waals surface area contributed by atoms with Gasteiger partial charge in [0.1, 0.15) is 12.1 Å². The maximum atomic E-state index is 5.91. The first kappa shape index (κ1) is 11.1. The monoisotopic (exact) mass is 252 g/mol. The number of ether oxygens (including phenoxy) is 1. The maximum Gasteiger partial charge on any atom is 0.274 e. The lowest BCUT2D eigenvalue weighted by Gasteiger charge is -2.08. The molecular formula is C11H9ClN2OS. The van der Waals surface area contributed by atoms with Crippen LogP contribution in [-0.2, 0) is 0 Å². The summed E-state index contributed by atoms with van der Waals surface area (Å²) in [5.41, 5.74) is 0.951. The van der Waals surface area contributed by atoms with E-state index >= 15 is 0 Å². The SMILES string of the molecule is Cc1cc(OC(=S)n2ccnc2)ccc1Cl. The molecule has 0 bridgehead atoms. The maximum absolute atomic E-state index is 5.91. The Bertz CT molecular complexity index is 511. The van der Waals surface area contributed by atoms with Crippen LogP contribution in [0.3, 0.4) is 0 Å². The highest BCUT2D eigenvalue weighted by molar-refractivity contribution is 7.80. The minimum absolute atomic E-state index is 0.333. The molecule has 2 aromatic rings. The second-order valence-electron chi connectivity index (χ2n) is 3.25. The molecule has 82 valence electrons.